The molecule has 0 spiro atoms. The van der Waals surface area contributed by atoms with Crippen molar-refractivity contribution in [3.8, 4) is 0 Å². The third-order valence-electron chi connectivity index (χ3n) is 3.42. The van der Waals surface area contributed by atoms with E-state index in [2.05, 4.69) is 20.1 Å². The first kappa shape index (κ1) is 15.1. The van der Waals surface area contributed by atoms with Crippen molar-refractivity contribution in [2.45, 2.75) is 38.8 Å². The zero-order valence-corrected chi connectivity index (χ0v) is 12.4. The minimum absolute atomic E-state index is 0.0978. The van der Waals surface area contributed by atoms with Crippen LogP contribution in [0.15, 0.2) is 31.2 Å². The Balaban J connectivity index is 1.75. The summed E-state index contributed by atoms with van der Waals surface area (Å²) in [5.41, 5.74) is 0.896. The lowest BCUT2D eigenvalue weighted by Gasteiger charge is -2.24. The highest BCUT2D eigenvalue weighted by atomic mass is 16.2. The van der Waals surface area contributed by atoms with Gasteiger partial charge in [-0.2, -0.15) is 5.10 Å². The average Bonchev–Trinajstić information content (AvgIpc) is 3.00. The SMILES string of the molecule is C[C@H](Cc1cnccn1)N(C)C(=O)CCCn1cncn1. The van der Waals surface area contributed by atoms with E-state index in [4.69, 9.17) is 0 Å². The third kappa shape index (κ3) is 4.62. The predicted molar refractivity (Wildman–Crippen MR) is 77.2 cm³/mol. The van der Waals surface area contributed by atoms with Crippen LogP contribution in [0.5, 0.6) is 0 Å². The van der Waals surface area contributed by atoms with Gasteiger partial charge in [0.2, 0.25) is 5.91 Å². The van der Waals surface area contributed by atoms with Crippen LogP contribution in [0, 0.1) is 0 Å². The predicted octanol–water partition coefficient (Wildman–Crippen LogP) is 0.938. The number of nitrogens with zero attached hydrogens (tertiary/aromatic N) is 6. The molecule has 0 bridgehead atoms. The highest BCUT2D eigenvalue weighted by molar-refractivity contribution is 5.76. The van der Waals surface area contributed by atoms with Gasteiger partial charge in [0.15, 0.2) is 0 Å². The number of amides is 1. The third-order valence-corrected chi connectivity index (χ3v) is 3.42. The summed E-state index contributed by atoms with van der Waals surface area (Å²) in [5, 5.41) is 4.01. The van der Waals surface area contributed by atoms with Gasteiger partial charge < -0.3 is 4.90 Å². The molecule has 2 aromatic rings. The second-order valence-electron chi connectivity index (χ2n) is 5.02. The standard InChI is InChI=1S/C14H20N6O/c1-12(8-13-9-15-5-6-17-13)19(2)14(21)4-3-7-20-11-16-10-18-20/h5-6,9-12H,3-4,7-8H2,1-2H3/t12-/m1/s1. The summed E-state index contributed by atoms with van der Waals surface area (Å²) in [6.45, 7) is 2.72. The maximum atomic E-state index is 12.1. The molecule has 2 heterocycles. The Bertz CT molecular complexity index is 542. The first-order valence-electron chi connectivity index (χ1n) is 7.00. The quantitative estimate of drug-likeness (QED) is 0.757. The lowest BCUT2D eigenvalue weighted by molar-refractivity contribution is -0.131. The maximum Gasteiger partial charge on any atom is 0.222 e. The summed E-state index contributed by atoms with van der Waals surface area (Å²) in [7, 11) is 1.83. The van der Waals surface area contributed by atoms with Gasteiger partial charge in [-0.05, 0) is 13.3 Å². The fraction of sp³-hybridized carbons (Fsp3) is 0.500. The number of hydrogen-bond donors (Lipinski definition) is 0. The van der Waals surface area contributed by atoms with Gasteiger partial charge >= 0.3 is 0 Å². The summed E-state index contributed by atoms with van der Waals surface area (Å²) in [4.78, 5) is 26.1. The Labute approximate surface area is 124 Å². The van der Waals surface area contributed by atoms with Gasteiger partial charge in [-0.25, -0.2) is 4.98 Å². The van der Waals surface area contributed by atoms with E-state index in [0.717, 1.165) is 12.1 Å². The van der Waals surface area contributed by atoms with E-state index in [1.54, 1.807) is 34.5 Å². The molecular formula is C14H20N6O. The summed E-state index contributed by atoms with van der Waals surface area (Å²) >= 11 is 0. The maximum absolute atomic E-state index is 12.1. The second kappa shape index (κ2) is 7.47. The molecular weight excluding hydrogens is 268 g/mol. The zero-order chi connectivity index (χ0) is 15.1. The van der Waals surface area contributed by atoms with E-state index in [9.17, 15) is 4.79 Å². The van der Waals surface area contributed by atoms with Gasteiger partial charge in [0.25, 0.3) is 0 Å². The molecule has 2 rings (SSSR count). The Hall–Kier alpha value is -2.31. The first-order chi connectivity index (χ1) is 10.2. The molecule has 0 aliphatic carbocycles. The number of carbonyl (C=O) groups is 1. The van der Waals surface area contributed by atoms with Crippen LogP contribution in [0.3, 0.4) is 0 Å². The minimum Gasteiger partial charge on any atom is -0.343 e. The normalized spacial score (nSPS) is 12.1. The van der Waals surface area contributed by atoms with Gasteiger partial charge in [-0.3, -0.25) is 19.4 Å². The van der Waals surface area contributed by atoms with Crippen molar-refractivity contribution in [1.29, 1.82) is 0 Å². The van der Waals surface area contributed by atoms with Gasteiger partial charge in [-0.1, -0.05) is 0 Å². The molecule has 21 heavy (non-hydrogen) atoms. The molecule has 0 N–H and O–H groups in total. The molecule has 0 aliphatic rings. The molecule has 0 unspecified atom stereocenters. The first-order valence-corrected chi connectivity index (χ1v) is 7.00. The van der Waals surface area contributed by atoms with Crippen LogP contribution in [-0.2, 0) is 17.8 Å². The van der Waals surface area contributed by atoms with Crippen LogP contribution in [0.1, 0.15) is 25.5 Å². The summed E-state index contributed by atoms with van der Waals surface area (Å²) < 4.78 is 1.73. The molecule has 0 aromatic carbocycles. The van der Waals surface area contributed by atoms with Gasteiger partial charge in [0.1, 0.15) is 12.7 Å². The Morgan fingerprint density at radius 3 is 2.90 bits per heavy atom. The van der Waals surface area contributed by atoms with Crippen molar-refractivity contribution in [3.05, 3.63) is 36.9 Å². The van der Waals surface area contributed by atoms with E-state index in [1.165, 1.54) is 6.33 Å². The monoisotopic (exact) mass is 288 g/mol. The molecule has 0 saturated carbocycles. The van der Waals surface area contributed by atoms with E-state index in [1.807, 2.05) is 14.0 Å². The Morgan fingerprint density at radius 2 is 2.24 bits per heavy atom. The summed E-state index contributed by atoms with van der Waals surface area (Å²) in [5.74, 6) is 0.131. The zero-order valence-electron chi connectivity index (χ0n) is 12.4. The van der Waals surface area contributed by atoms with Gasteiger partial charge in [0.05, 0.1) is 5.69 Å². The minimum atomic E-state index is 0.0978. The van der Waals surface area contributed by atoms with E-state index in [-0.39, 0.29) is 11.9 Å². The molecule has 112 valence electrons. The Morgan fingerprint density at radius 1 is 1.38 bits per heavy atom. The fourth-order valence-corrected chi connectivity index (χ4v) is 2.04. The lowest BCUT2D eigenvalue weighted by atomic mass is 10.1. The molecule has 0 aliphatic heterocycles. The molecule has 1 amide bonds. The number of aryl methyl sites for hydroxylation is 1. The lowest BCUT2D eigenvalue weighted by Crippen LogP contribution is -2.36. The summed E-state index contributed by atoms with van der Waals surface area (Å²) in [6, 6.07) is 0.0978. The molecule has 2 aromatic heterocycles. The van der Waals surface area contributed by atoms with Crippen LogP contribution in [-0.4, -0.2) is 48.6 Å². The van der Waals surface area contributed by atoms with Crippen molar-refractivity contribution in [2.24, 2.45) is 0 Å². The number of hydrogen-bond acceptors (Lipinski definition) is 5. The van der Waals surface area contributed by atoms with E-state index < -0.39 is 0 Å². The largest absolute Gasteiger partial charge is 0.343 e. The van der Waals surface area contributed by atoms with Gasteiger partial charge in [0, 0.05) is 51.1 Å². The second-order valence-corrected chi connectivity index (χ2v) is 5.02. The highest BCUT2D eigenvalue weighted by Crippen LogP contribution is 2.07. The summed E-state index contributed by atoms with van der Waals surface area (Å²) in [6.07, 6.45) is 10.2. The van der Waals surface area contributed by atoms with E-state index >= 15 is 0 Å². The number of rotatable bonds is 7. The van der Waals surface area contributed by atoms with Crippen LogP contribution in [0.4, 0.5) is 0 Å². The number of likely N-dealkylation sites (N-methyl/N-ethyl adjacent to an activating group) is 1. The van der Waals surface area contributed by atoms with Crippen molar-refractivity contribution < 1.29 is 4.79 Å². The smallest absolute Gasteiger partial charge is 0.222 e. The topological polar surface area (TPSA) is 76.8 Å². The van der Waals surface area contributed by atoms with Crippen LogP contribution >= 0.6 is 0 Å². The average molecular weight is 288 g/mol. The molecule has 1 atom stereocenters. The van der Waals surface area contributed by atoms with Crippen LogP contribution < -0.4 is 0 Å². The van der Waals surface area contributed by atoms with Gasteiger partial charge in [-0.15, -0.1) is 0 Å². The number of carbonyl (C=O) groups excluding carboxylic acids is 1. The molecule has 7 heteroatoms. The fourth-order valence-electron chi connectivity index (χ4n) is 2.04. The molecule has 0 saturated heterocycles. The number of aromatic nitrogens is 5. The van der Waals surface area contributed by atoms with Crippen LogP contribution in [0.25, 0.3) is 0 Å². The molecule has 7 nitrogen and oxygen atoms in total. The van der Waals surface area contributed by atoms with Crippen molar-refractivity contribution in [3.63, 3.8) is 0 Å². The van der Waals surface area contributed by atoms with Crippen LogP contribution in [0.2, 0.25) is 0 Å². The van der Waals surface area contributed by atoms with E-state index in [0.29, 0.717) is 19.4 Å². The Kier molecular flexibility index (Phi) is 5.36. The van der Waals surface area contributed by atoms with Crippen molar-refractivity contribution >= 4 is 5.91 Å². The molecule has 0 fully saturated rings. The van der Waals surface area contributed by atoms with Crippen molar-refractivity contribution in [2.75, 3.05) is 7.05 Å². The highest BCUT2D eigenvalue weighted by Gasteiger charge is 2.16. The van der Waals surface area contributed by atoms with Crippen molar-refractivity contribution in [1.82, 2.24) is 29.6 Å². The molecule has 0 radical (unpaired) electrons.